The van der Waals surface area contributed by atoms with E-state index in [1.165, 1.54) is 18.2 Å². The van der Waals surface area contributed by atoms with Crippen LogP contribution in [0.3, 0.4) is 0 Å². The van der Waals surface area contributed by atoms with Crippen LogP contribution in [0.2, 0.25) is 0 Å². The molecule has 138 valence electrons. The predicted octanol–water partition coefficient (Wildman–Crippen LogP) is 3.95. The number of rotatable bonds is 7. The highest BCUT2D eigenvalue weighted by atomic mass is 35.5. The van der Waals surface area contributed by atoms with Crippen molar-refractivity contribution in [3.8, 4) is 5.75 Å². The van der Waals surface area contributed by atoms with Gasteiger partial charge in [0.25, 0.3) is 0 Å². The zero-order valence-electron chi connectivity index (χ0n) is 13.0. The summed E-state index contributed by atoms with van der Waals surface area (Å²) in [5.41, 5.74) is 6.75. The summed E-state index contributed by atoms with van der Waals surface area (Å²) in [4.78, 5) is 0. The van der Waals surface area contributed by atoms with E-state index in [2.05, 4.69) is 4.74 Å². The molecule has 0 aliphatic heterocycles. The molecule has 0 amide bonds. The molecular weight excluding hydrogens is 362 g/mol. The van der Waals surface area contributed by atoms with Gasteiger partial charge in [-0.05, 0) is 11.6 Å². The van der Waals surface area contributed by atoms with Gasteiger partial charge >= 0.3 is 12.5 Å². The van der Waals surface area contributed by atoms with Gasteiger partial charge in [0.15, 0.2) is 0 Å². The topological polar surface area (TPSA) is 55.5 Å². The van der Waals surface area contributed by atoms with Crippen molar-refractivity contribution >= 4 is 12.4 Å². The third-order valence-electron chi connectivity index (χ3n) is 3.48. The monoisotopic (exact) mass is 379 g/mol. The zero-order chi connectivity index (χ0) is 17.7. The van der Waals surface area contributed by atoms with E-state index in [0.717, 1.165) is 11.6 Å². The van der Waals surface area contributed by atoms with Gasteiger partial charge in [0.1, 0.15) is 5.75 Å². The number of ether oxygens (including phenoxy) is 1. The van der Waals surface area contributed by atoms with Crippen LogP contribution in [0.15, 0.2) is 54.6 Å². The van der Waals surface area contributed by atoms with Crippen molar-refractivity contribution in [2.75, 3.05) is 0 Å². The Bertz CT molecular complexity index is 658. The molecule has 2 aromatic carbocycles. The summed E-state index contributed by atoms with van der Waals surface area (Å²) in [5.74, 6) is -0.484. The fourth-order valence-corrected chi connectivity index (χ4v) is 2.23. The minimum absolute atomic E-state index is 0. The fraction of sp³-hybridized carbons (Fsp3) is 0.294. The first-order valence-corrected chi connectivity index (χ1v) is 7.22. The first-order valence-electron chi connectivity index (χ1n) is 7.22. The van der Waals surface area contributed by atoms with E-state index in [9.17, 15) is 22.7 Å². The fourth-order valence-electron chi connectivity index (χ4n) is 2.23. The van der Waals surface area contributed by atoms with Gasteiger partial charge < -0.3 is 15.6 Å². The summed E-state index contributed by atoms with van der Waals surface area (Å²) in [5, 5.41) is 10.2. The Morgan fingerprint density at radius 1 is 1.00 bits per heavy atom. The van der Waals surface area contributed by atoms with E-state index >= 15 is 0 Å². The molecule has 0 aromatic heterocycles. The Labute approximate surface area is 148 Å². The van der Waals surface area contributed by atoms with Gasteiger partial charge in [0, 0.05) is 12.0 Å². The smallest absolute Gasteiger partial charge is 0.428 e. The maximum Gasteiger partial charge on any atom is 0.461 e. The molecule has 0 bridgehead atoms. The molecule has 0 saturated heterocycles. The molecule has 0 aliphatic rings. The highest BCUT2D eigenvalue weighted by Crippen LogP contribution is 2.33. The van der Waals surface area contributed by atoms with Crippen molar-refractivity contribution in [2.45, 2.75) is 31.1 Å². The van der Waals surface area contributed by atoms with E-state index in [1.54, 1.807) is 24.3 Å². The average molecular weight is 380 g/mol. The van der Waals surface area contributed by atoms with E-state index < -0.39 is 30.4 Å². The van der Waals surface area contributed by atoms with Crippen LogP contribution in [-0.2, 0) is 6.42 Å². The lowest BCUT2D eigenvalue weighted by atomic mass is 9.96. The third-order valence-corrected chi connectivity index (χ3v) is 3.48. The molecule has 8 heteroatoms. The molecule has 3 N–H and O–H groups in total. The van der Waals surface area contributed by atoms with Gasteiger partial charge in [-0.25, -0.2) is 0 Å². The molecule has 0 aliphatic carbocycles. The largest absolute Gasteiger partial charge is 0.461 e. The molecule has 2 atom stereocenters. The lowest BCUT2D eigenvalue weighted by molar-refractivity contribution is -0.253. The van der Waals surface area contributed by atoms with Crippen molar-refractivity contribution in [1.82, 2.24) is 0 Å². The van der Waals surface area contributed by atoms with Gasteiger partial charge in [-0.2, -0.15) is 17.6 Å². The van der Waals surface area contributed by atoms with Gasteiger partial charge in [-0.3, -0.25) is 0 Å². The minimum Gasteiger partial charge on any atom is -0.428 e. The van der Waals surface area contributed by atoms with Gasteiger partial charge in [0.2, 0.25) is 0 Å². The maximum atomic E-state index is 13.1. The molecular formula is C17H18ClF4NO2. The zero-order valence-corrected chi connectivity index (χ0v) is 13.8. The van der Waals surface area contributed by atoms with E-state index in [1.807, 2.05) is 6.07 Å². The number of aliphatic hydroxyl groups excluding tert-OH is 1. The number of halogens is 5. The number of para-hydroxylation sites is 1. The van der Waals surface area contributed by atoms with Crippen LogP contribution < -0.4 is 10.5 Å². The van der Waals surface area contributed by atoms with Crippen LogP contribution in [0.4, 0.5) is 17.6 Å². The molecule has 0 spiro atoms. The molecule has 0 radical (unpaired) electrons. The summed E-state index contributed by atoms with van der Waals surface area (Å²) in [6, 6.07) is 13.2. The quantitative estimate of drug-likeness (QED) is 0.716. The van der Waals surface area contributed by atoms with Crippen molar-refractivity contribution in [3.63, 3.8) is 0 Å². The number of hydrogen-bond acceptors (Lipinski definition) is 3. The first kappa shape index (κ1) is 21.2. The van der Waals surface area contributed by atoms with Gasteiger partial charge in [-0.15, -0.1) is 12.4 Å². The summed E-state index contributed by atoms with van der Waals surface area (Å²) < 4.78 is 55.1. The molecule has 0 saturated carbocycles. The number of alkyl halides is 4. The van der Waals surface area contributed by atoms with Crippen LogP contribution in [0.1, 0.15) is 17.2 Å². The second-order valence-electron chi connectivity index (χ2n) is 5.29. The van der Waals surface area contributed by atoms with Crippen LogP contribution in [0.25, 0.3) is 0 Å². The highest BCUT2D eigenvalue weighted by Gasteiger charge is 2.44. The normalized spacial score (nSPS) is 13.9. The standard InChI is InChI=1S/C17H17F4NO2.ClH/c18-16(19)17(20,21)24-14-9-5-4-8-12(14)15(22)13(23)10-11-6-2-1-3-7-11;/h1-9,13,15-16,23H,10,22H2;1H/t13-,15+;/m0./s1. The molecule has 0 unspecified atom stereocenters. The van der Waals surface area contributed by atoms with E-state index in [4.69, 9.17) is 5.73 Å². The molecule has 0 fully saturated rings. The summed E-state index contributed by atoms with van der Waals surface area (Å²) >= 11 is 0. The lowest BCUT2D eigenvalue weighted by Crippen LogP contribution is -2.35. The van der Waals surface area contributed by atoms with Crippen molar-refractivity contribution in [1.29, 1.82) is 0 Å². The number of nitrogens with two attached hydrogens (primary N) is 1. The molecule has 2 aromatic rings. The Morgan fingerprint density at radius 2 is 1.56 bits per heavy atom. The predicted molar refractivity (Wildman–Crippen MR) is 88.4 cm³/mol. The maximum absolute atomic E-state index is 13.1. The van der Waals surface area contributed by atoms with E-state index in [-0.39, 0.29) is 24.4 Å². The average Bonchev–Trinajstić information content (AvgIpc) is 2.55. The van der Waals surface area contributed by atoms with Gasteiger partial charge in [-0.1, -0.05) is 48.5 Å². The Hall–Kier alpha value is -1.83. The highest BCUT2D eigenvalue weighted by molar-refractivity contribution is 5.85. The molecule has 25 heavy (non-hydrogen) atoms. The second kappa shape index (κ2) is 9.03. The Kier molecular flexibility index (Phi) is 7.66. The number of aliphatic hydroxyl groups is 1. The Balaban J connectivity index is 0.00000312. The van der Waals surface area contributed by atoms with Crippen LogP contribution >= 0.6 is 12.4 Å². The van der Waals surface area contributed by atoms with E-state index in [0.29, 0.717) is 0 Å². The van der Waals surface area contributed by atoms with Crippen molar-refractivity contribution < 1.29 is 27.4 Å². The van der Waals surface area contributed by atoms with Gasteiger partial charge in [0.05, 0.1) is 12.1 Å². The molecule has 2 rings (SSSR count). The number of hydrogen-bond donors (Lipinski definition) is 2. The van der Waals surface area contributed by atoms with Crippen molar-refractivity contribution in [3.05, 3.63) is 65.7 Å². The number of benzene rings is 2. The van der Waals surface area contributed by atoms with Crippen LogP contribution in [0, 0.1) is 0 Å². The second-order valence-corrected chi connectivity index (χ2v) is 5.29. The SMILES string of the molecule is Cl.N[C@H](c1ccccc1OC(F)(F)C(F)F)[C@@H](O)Cc1ccccc1. The molecule has 3 nitrogen and oxygen atoms in total. The summed E-state index contributed by atoms with van der Waals surface area (Å²) in [7, 11) is 0. The first-order chi connectivity index (χ1) is 11.3. The Morgan fingerprint density at radius 3 is 2.16 bits per heavy atom. The lowest BCUT2D eigenvalue weighted by Gasteiger charge is -2.24. The summed E-state index contributed by atoms with van der Waals surface area (Å²) in [6.07, 6.45) is -9.53. The van der Waals surface area contributed by atoms with Crippen LogP contribution in [0.5, 0.6) is 5.75 Å². The molecule has 0 heterocycles. The third kappa shape index (κ3) is 5.59. The summed E-state index contributed by atoms with van der Waals surface area (Å²) in [6.45, 7) is 0. The minimum atomic E-state index is -4.64. The van der Waals surface area contributed by atoms with Crippen molar-refractivity contribution in [2.24, 2.45) is 5.73 Å². The van der Waals surface area contributed by atoms with Crippen LogP contribution in [-0.4, -0.2) is 23.7 Å².